The average molecular weight is 532 g/mol. The molecule has 2 fully saturated rings. The van der Waals surface area contributed by atoms with Crippen molar-refractivity contribution in [2.24, 2.45) is 0 Å². The zero-order valence-electron chi connectivity index (χ0n) is 21.6. The molecule has 2 aromatic carbocycles. The molecule has 198 valence electrons. The number of aromatic amines is 1. The van der Waals surface area contributed by atoms with Gasteiger partial charge in [-0.15, -0.1) is 0 Å². The highest BCUT2D eigenvalue weighted by Gasteiger charge is 2.49. The molecule has 3 aromatic rings. The largest absolute Gasteiger partial charge is 0.378 e. The second-order valence-corrected chi connectivity index (χ2v) is 11.6. The number of hydrogen-bond donors (Lipinski definition) is 2. The number of carbonyl (C=O) groups excluding carboxylic acids is 1. The Labute approximate surface area is 228 Å². The predicted molar refractivity (Wildman–Crippen MR) is 147 cm³/mol. The summed E-state index contributed by atoms with van der Waals surface area (Å²) in [4.78, 5) is 36.3. The van der Waals surface area contributed by atoms with E-state index >= 15 is 0 Å². The quantitative estimate of drug-likeness (QED) is 0.451. The second-order valence-electron chi connectivity index (χ2n) is 11.2. The molecule has 0 radical (unpaired) electrons. The van der Waals surface area contributed by atoms with Crippen molar-refractivity contribution in [2.45, 2.75) is 81.8 Å². The van der Waals surface area contributed by atoms with Crippen molar-refractivity contribution in [2.75, 3.05) is 6.54 Å². The topological polar surface area (TPSA) is 86.3 Å². The number of nitrogens with zero attached hydrogens (tertiary/aromatic N) is 2. The van der Waals surface area contributed by atoms with Gasteiger partial charge in [0.15, 0.2) is 6.10 Å². The lowest BCUT2D eigenvalue weighted by molar-refractivity contribution is -0.141. The van der Waals surface area contributed by atoms with E-state index in [1.165, 1.54) is 43.2 Å². The van der Waals surface area contributed by atoms with Gasteiger partial charge in [0.05, 0.1) is 23.2 Å². The lowest BCUT2D eigenvalue weighted by atomic mass is 9.82. The molecule has 1 amide bonds. The van der Waals surface area contributed by atoms with Crippen LogP contribution < -0.4 is 5.56 Å². The zero-order chi connectivity index (χ0) is 26.3. The molecule has 38 heavy (non-hydrogen) atoms. The van der Waals surface area contributed by atoms with Gasteiger partial charge in [-0.25, -0.2) is 4.98 Å². The molecule has 7 heteroatoms. The monoisotopic (exact) mass is 531 g/mol. The van der Waals surface area contributed by atoms with Crippen molar-refractivity contribution in [3.8, 4) is 0 Å². The molecule has 2 aliphatic carbocycles. The lowest BCUT2D eigenvalue weighted by Gasteiger charge is -2.24. The van der Waals surface area contributed by atoms with Gasteiger partial charge in [-0.05, 0) is 73.3 Å². The minimum atomic E-state index is -1.33. The summed E-state index contributed by atoms with van der Waals surface area (Å²) >= 11 is 6.05. The number of carbonyl (C=O) groups is 1. The molecule has 1 atom stereocenters. The van der Waals surface area contributed by atoms with Crippen LogP contribution in [0.2, 0.25) is 5.02 Å². The normalized spacial score (nSPS) is 19.9. The Morgan fingerprint density at radius 1 is 1.08 bits per heavy atom. The second kappa shape index (κ2) is 10.3. The van der Waals surface area contributed by atoms with E-state index in [0.717, 1.165) is 24.4 Å². The first-order valence-corrected chi connectivity index (χ1v) is 14.3. The number of aromatic nitrogens is 2. The maximum absolute atomic E-state index is 13.4. The predicted octanol–water partition coefficient (Wildman–Crippen LogP) is 5.56. The highest BCUT2D eigenvalue weighted by atomic mass is 35.5. The standard InChI is InChI=1S/C31H34ClN3O3/c32-24-12-5-10-22(18-24)27(36)29(38)35-16-6-13-26-25(19-35)28(37)34-30(33-26)31(14-15-31)23-11-4-9-21(17-23)20-7-2-1-3-8-20/h4-5,9-12,17-18,20,27,36H,1-3,6-8,13-16,19H2,(H,33,34,37). The first-order chi connectivity index (χ1) is 18.4. The van der Waals surface area contributed by atoms with Crippen molar-refractivity contribution in [1.82, 2.24) is 14.9 Å². The molecule has 2 heterocycles. The van der Waals surface area contributed by atoms with Crippen LogP contribution in [0.3, 0.4) is 0 Å². The number of benzene rings is 2. The number of fused-ring (bicyclic) bond motifs is 1. The van der Waals surface area contributed by atoms with E-state index in [2.05, 4.69) is 29.2 Å². The van der Waals surface area contributed by atoms with E-state index in [9.17, 15) is 14.7 Å². The molecule has 1 aliphatic heterocycles. The fourth-order valence-electron chi connectivity index (χ4n) is 6.34. The van der Waals surface area contributed by atoms with Crippen LogP contribution in [-0.2, 0) is 23.2 Å². The Kier molecular flexibility index (Phi) is 6.87. The van der Waals surface area contributed by atoms with Crippen molar-refractivity contribution in [3.05, 3.63) is 97.7 Å². The number of aliphatic hydroxyl groups is 1. The van der Waals surface area contributed by atoms with Gasteiger partial charge in [0.2, 0.25) is 0 Å². The summed E-state index contributed by atoms with van der Waals surface area (Å²) < 4.78 is 0. The third-order valence-electron chi connectivity index (χ3n) is 8.72. The first-order valence-electron chi connectivity index (χ1n) is 13.9. The van der Waals surface area contributed by atoms with Gasteiger partial charge in [0.1, 0.15) is 5.82 Å². The number of hydrogen-bond acceptors (Lipinski definition) is 4. The van der Waals surface area contributed by atoms with Crippen LogP contribution in [0.5, 0.6) is 0 Å². The number of H-pyrrole nitrogens is 1. The number of amides is 1. The Hall–Kier alpha value is -2.96. The maximum Gasteiger partial charge on any atom is 0.256 e. The Bertz CT molecular complexity index is 1410. The molecule has 1 unspecified atom stereocenters. The zero-order valence-corrected chi connectivity index (χ0v) is 22.3. The van der Waals surface area contributed by atoms with Gasteiger partial charge < -0.3 is 15.0 Å². The molecular formula is C31H34ClN3O3. The van der Waals surface area contributed by atoms with E-state index in [1.807, 2.05) is 0 Å². The van der Waals surface area contributed by atoms with Gasteiger partial charge in [0.25, 0.3) is 11.5 Å². The Morgan fingerprint density at radius 2 is 1.87 bits per heavy atom. The number of halogens is 1. The van der Waals surface area contributed by atoms with Crippen LogP contribution in [0, 0.1) is 0 Å². The molecule has 3 aliphatic rings. The fourth-order valence-corrected chi connectivity index (χ4v) is 6.54. The van der Waals surface area contributed by atoms with Crippen LogP contribution in [0.4, 0.5) is 0 Å². The first kappa shape index (κ1) is 25.3. The molecule has 6 nitrogen and oxygen atoms in total. The molecule has 2 N–H and O–H groups in total. The van der Waals surface area contributed by atoms with Crippen LogP contribution in [0.15, 0.2) is 53.3 Å². The SMILES string of the molecule is O=C(C(O)c1cccc(Cl)c1)N1CCCc2nc(C3(c4cccc(C5CCCCC5)c4)CC3)[nH]c(=O)c2C1. The van der Waals surface area contributed by atoms with E-state index in [4.69, 9.17) is 16.6 Å². The van der Waals surface area contributed by atoms with E-state index in [1.54, 1.807) is 29.2 Å². The average Bonchev–Trinajstić information content (AvgIpc) is 3.77. The van der Waals surface area contributed by atoms with Gasteiger partial charge in [-0.2, -0.15) is 0 Å². The highest BCUT2D eigenvalue weighted by Crippen LogP contribution is 2.52. The minimum Gasteiger partial charge on any atom is -0.378 e. The van der Waals surface area contributed by atoms with Gasteiger partial charge in [-0.1, -0.05) is 67.3 Å². The van der Waals surface area contributed by atoms with Gasteiger partial charge in [0, 0.05) is 11.6 Å². The maximum atomic E-state index is 13.4. The number of aryl methyl sites for hydroxylation is 1. The third kappa shape index (κ3) is 4.80. The minimum absolute atomic E-state index is 0.137. The molecule has 0 spiro atoms. The molecule has 1 aromatic heterocycles. The van der Waals surface area contributed by atoms with Crippen LogP contribution in [0.1, 0.15) is 97.2 Å². The smallest absolute Gasteiger partial charge is 0.256 e. The summed E-state index contributed by atoms with van der Waals surface area (Å²) in [5.41, 5.74) is 3.98. The van der Waals surface area contributed by atoms with Crippen molar-refractivity contribution in [3.63, 3.8) is 0 Å². The van der Waals surface area contributed by atoms with Crippen molar-refractivity contribution < 1.29 is 9.90 Å². The molecule has 0 bridgehead atoms. The van der Waals surface area contributed by atoms with Crippen molar-refractivity contribution in [1.29, 1.82) is 0 Å². The van der Waals surface area contributed by atoms with E-state index in [0.29, 0.717) is 41.5 Å². The summed E-state index contributed by atoms with van der Waals surface area (Å²) in [7, 11) is 0. The summed E-state index contributed by atoms with van der Waals surface area (Å²) in [6.07, 6.45) is 8.37. The Balaban J connectivity index is 1.26. The molecule has 2 saturated carbocycles. The van der Waals surface area contributed by atoms with Crippen molar-refractivity contribution >= 4 is 17.5 Å². The number of nitrogens with one attached hydrogen (secondary N) is 1. The number of rotatable bonds is 5. The van der Waals surface area contributed by atoms with E-state index in [-0.39, 0.29) is 17.5 Å². The van der Waals surface area contributed by atoms with Gasteiger partial charge >= 0.3 is 0 Å². The number of aliphatic hydroxyl groups excluding tert-OH is 1. The Morgan fingerprint density at radius 3 is 2.63 bits per heavy atom. The molecule has 0 saturated heterocycles. The summed E-state index contributed by atoms with van der Waals surface area (Å²) in [6, 6.07) is 15.6. The van der Waals surface area contributed by atoms with E-state index < -0.39 is 12.0 Å². The van der Waals surface area contributed by atoms with Gasteiger partial charge in [-0.3, -0.25) is 9.59 Å². The van der Waals surface area contributed by atoms with Crippen LogP contribution in [-0.4, -0.2) is 32.4 Å². The van der Waals surface area contributed by atoms with Crippen LogP contribution >= 0.6 is 11.6 Å². The summed E-state index contributed by atoms with van der Waals surface area (Å²) in [5.74, 6) is 0.951. The summed E-state index contributed by atoms with van der Waals surface area (Å²) in [5, 5.41) is 11.2. The molecule has 6 rings (SSSR count). The highest BCUT2D eigenvalue weighted by molar-refractivity contribution is 6.30. The third-order valence-corrected chi connectivity index (χ3v) is 8.96. The molecular weight excluding hydrogens is 498 g/mol. The summed E-state index contributed by atoms with van der Waals surface area (Å²) in [6.45, 7) is 0.592. The lowest BCUT2D eigenvalue weighted by Crippen LogP contribution is -2.36. The van der Waals surface area contributed by atoms with Crippen LogP contribution in [0.25, 0.3) is 0 Å². The fraction of sp³-hybridized carbons (Fsp3) is 0.452.